The second kappa shape index (κ2) is 6.49. The molecule has 0 saturated carbocycles. The maximum absolute atomic E-state index is 5.46. The summed E-state index contributed by atoms with van der Waals surface area (Å²) < 4.78 is 7.59. The SMILES string of the molecule is CN(Cc1cc(-c2ccccn2)no1)Cc1nc2ccccc2n1C. The van der Waals surface area contributed by atoms with E-state index in [2.05, 4.69) is 25.7 Å². The summed E-state index contributed by atoms with van der Waals surface area (Å²) >= 11 is 0. The number of aryl methyl sites for hydroxylation is 1. The van der Waals surface area contributed by atoms with Gasteiger partial charge in [-0.1, -0.05) is 23.4 Å². The van der Waals surface area contributed by atoms with Gasteiger partial charge in [-0.15, -0.1) is 0 Å². The van der Waals surface area contributed by atoms with Crippen LogP contribution in [0.25, 0.3) is 22.4 Å². The molecule has 0 saturated heterocycles. The van der Waals surface area contributed by atoms with Gasteiger partial charge >= 0.3 is 0 Å². The van der Waals surface area contributed by atoms with Crippen molar-refractivity contribution in [3.63, 3.8) is 0 Å². The zero-order valence-electron chi connectivity index (χ0n) is 14.3. The molecule has 0 aliphatic heterocycles. The molecule has 4 rings (SSSR count). The van der Waals surface area contributed by atoms with Crippen molar-refractivity contribution in [2.24, 2.45) is 7.05 Å². The largest absolute Gasteiger partial charge is 0.359 e. The quantitative estimate of drug-likeness (QED) is 0.561. The standard InChI is InChI=1S/C19H19N5O/c1-23(13-19-21-16-8-3-4-9-18(16)24(19)2)12-14-11-17(22-25-14)15-7-5-6-10-20-15/h3-11H,12-13H2,1-2H3. The molecule has 0 amide bonds. The Labute approximate surface area is 145 Å². The number of imidazole rings is 1. The maximum Gasteiger partial charge on any atom is 0.151 e. The number of nitrogens with zero attached hydrogens (tertiary/aromatic N) is 5. The van der Waals surface area contributed by atoms with Crippen molar-refractivity contribution in [1.29, 1.82) is 0 Å². The van der Waals surface area contributed by atoms with E-state index in [1.807, 2.05) is 56.6 Å². The summed E-state index contributed by atoms with van der Waals surface area (Å²) in [5.74, 6) is 1.83. The molecule has 0 unspecified atom stereocenters. The molecule has 126 valence electrons. The number of rotatable bonds is 5. The van der Waals surface area contributed by atoms with Crippen LogP contribution in [0.2, 0.25) is 0 Å². The number of aromatic nitrogens is 4. The summed E-state index contributed by atoms with van der Waals surface area (Å²) in [6.07, 6.45) is 1.75. The van der Waals surface area contributed by atoms with Gasteiger partial charge in [0.15, 0.2) is 5.76 Å². The number of hydrogen-bond donors (Lipinski definition) is 0. The van der Waals surface area contributed by atoms with E-state index in [0.717, 1.165) is 40.6 Å². The highest BCUT2D eigenvalue weighted by Gasteiger charge is 2.13. The molecule has 1 aromatic carbocycles. The molecule has 0 aliphatic carbocycles. The minimum atomic E-state index is 0.656. The highest BCUT2D eigenvalue weighted by Crippen LogP contribution is 2.19. The van der Waals surface area contributed by atoms with E-state index in [-0.39, 0.29) is 0 Å². The van der Waals surface area contributed by atoms with Gasteiger partial charge in [-0.05, 0) is 31.3 Å². The van der Waals surface area contributed by atoms with E-state index in [4.69, 9.17) is 9.51 Å². The first kappa shape index (κ1) is 15.5. The van der Waals surface area contributed by atoms with Gasteiger partial charge in [-0.2, -0.15) is 0 Å². The summed E-state index contributed by atoms with van der Waals surface area (Å²) in [6, 6.07) is 15.8. The van der Waals surface area contributed by atoms with Crippen molar-refractivity contribution >= 4 is 11.0 Å². The molecule has 0 radical (unpaired) electrons. The van der Waals surface area contributed by atoms with Crippen molar-refractivity contribution in [3.8, 4) is 11.4 Å². The third-order valence-corrected chi connectivity index (χ3v) is 4.20. The highest BCUT2D eigenvalue weighted by atomic mass is 16.5. The Balaban J connectivity index is 1.48. The van der Waals surface area contributed by atoms with Crippen LogP contribution in [-0.4, -0.2) is 31.6 Å². The molecule has 6 heteroatoms. The van der Waals surface area contributed by atoms with Gasteiger partial charge in [0.05, 0.1) is 29.8 Å². The van der Waals surface area contributed by atoms with Crippen LogP contribution in [-0.2, 0) is 20.1 Å². The molecule has 0 N–H and O–H groups in total. The Bertz CT molecular complexity index is 989. The minimum Gasteiger partial charge on any atom is -0.359 e. The van der Waals surface area contributed by atoms with E-state index in [9.17, 15) is 0 Å². The lowest BCUT2D eigenvalue weighted by atomic mass is 10.2. The predicted molar refractivity (Wildman–Crippen MR) is 95.6 cm³/mol. The van der Waals surface area contributed by atoms with Crippen molar-refractivity contribution < 1.29 is 4.52 Å². The van der Waals surface area contributed by atoms with E-state index in [1.54, 1.807) is 6.20 Å². The lowest BCUT2D eigenvalue weighted by Gasteiger charge is -2.14. The summed E-state index contributed by atoms with van der Waals surface area (Å²) in [6.45, 7) is 1.38. The number of benzene rings is 1. The molecule has 4 aromatic rings. The molecule has 3 heterocycles. The predicted octanol–water partition coefficient (Wildman–Crippen LogP) is 3.26. The van der Waals surface area contributed by atoms with Crippen molar-refractivity contribution in [1.82, 2.24) is 24.6 Å². The van der Waals surface area contributed by atoms with Gasteiger partial charge in [-0.3, -0.25) is 9.88 Å². The molecule has 0 spiro atoms. The highest BCUT2D eigenvalue weighted by molar-refractivity contribution is 5.75. The topological polar surface area (TPSA) is 60.0 Å². The van der Waals surface area contributed by atoms with Crippen LogP contribution in [0.1, 0.15) is 11.6 Å². The monoisotopic (exact) mass is 333 g/mol. The van der Waals surface area contributed by atoms with Gasteiger partial charge in [0.2, 0.25) is 0 Å². The fourth-order valence-electron chi connectivity index (χ4n) is 2.92. The Kier molecular flexibility index (Phi) is 4.03. The Morgan fingerprint density at radius 2 is 1.88 bits per heavy atom. The zero-order valence-corrected chi connectivity index (χ0v) is 14.3. The Morgan fingerprint density at radius 1 is 1.04 bits per heavy atom. The molecule has 25 heavy (non-hydrogen) atoms. The Morgan fingerprint density at radius 3 is 2.68 bits per heavy atom. The van der Waals surface area contributed by atoms with Gasteiger partial charge in [0.25, 0.3) is 0 Å². The van der Waals surface area contributed by atoms with E-state index >= 15 is 0 Å². The first-order chi connectivity index (χ1) is 12.2. The fraction of sp³-hybridized carbons (Fsp3) is 0.211. The van der Waals surface area contributed by atoms with E-state index < -0.39 is 0 Å². The van der Waals surface area contributed by atoms with Gasteiger partial charge < -0.3 is 9.09 Å². The van der Waals surface area contributed by atoms with Crippen LogP contribution in [0.5, 0.6) is 0 Å². The zero-order chi connectivity index (χ0) is 17.2. The van der Waals surface area contributed by atoms with Gasteiger partial charge in [0.1, 0.15) is 11.5 Å². The van der Waals surface area contributed by atoms with Crippen molar-refractivity contribution in [3.05, 3.63) is 66.3 Å². The molecule has 0 atom stereocenters. The van der Waals surface area contributed by atoms with Crippen LogP contribution in [0, 0.1) is 0 Å². The average Bonchev–Trinajstić information content (AvgIpc) is 3.21. The number of hydrogen-bond acceptors (Lipinski definition) is 5. The van der Waals surface area contributed by atoms with Crippen molar-refractivity contribution in [2.45, 2.75) is 13.1 Å². The van der Waals surface area contributed by atoms with Crippen LogP contribution < -0.4 is 0 Å². The molecule has 0 aliphatic rings. The lowest BCUT2D eigenvalue weighted by Crippen LogP contribution is -2.19. The number of para-hydroxylation sites is 2. The van der Waals surface area contributed by atoms with Crippen LogP contribution in [0.4, 0.5) is 0 Å². The molecule has 3 aromatic heterocycles. The summed E-state index contributed by atoms with van der Waals surface area (Å²) in [5.41, 5.74) is 3.73. The minimum absolute atomic E-state index is 0.656. The van der Waals surface area contributed by atoms with Crippen molar-refractivity contribution in [2.75, 3.05) is 7.05 Å². The fourth-order valence-corrected chi connectivity index (χ4v) is 2.92. The normalized spacial score (nSPS) is 11.5. The number of fused-ring (bicyclic) bond motifs is 1. The first-order valence-electron chi connectivity index (χ1n) is 8.16. The molecular formula is C19H19N5O. The molecular weight excluding hydrogens is 314 g/mol. The summed E-state index contributed by atoms with van der Waals surface area (Å²) in [7, 11) is 4.09. The third kappa shape index (κ3) is 3.16. The average molecular weight is 333 g/mol. The second-order valence-electron chi connectivity index (χ2n) is 6.14. The second-order valence-corrected chi connectivity index (χ2v) is 6.14. The molecule has 0 fully saturated rings. The Hall–Kier alpha value is -2.99. The van der Waals surface area contributed by atoms with Gasteiger partial charge in [0, 0.05) is 19.3 Å². The van der Waals surface area contributed by atoms with E-state index in [1.165, 1.54) is 0 Å². The molecule has 6 nitrogen and oxygen atoms in total. The van der Waals surface area contributed by atoms with Crippen LogP contribution >= 0.6 is 0 Å². The lowest BCUT2D eigenvalue weighted by molar-refractivity contribution is 0.260. The first-order valence-corrected chi connectivity index (χ1v) is 8.16. The van der Waals surface area contributed by atoms with Gasteiger partial charge in [-0.25, -0.2) is 4.98 Å². The summed E-state index contributed by atoms with van der Waals surface area (Å²) in [4.78, 5) is 11.2. The van der Waals surface area contributed by atoms with E-state index in [0.29, 0.717) is 6.54 Å². The summed E-state index contributed by atoms with van der Waals surface area (Å²) in [5, 5.41) is 4.11. The third-order valence-electron chi connectivity index (χ3n) is 4.20. The smallest absolute Gasteiger partial charge is 0.151 e. The number of pyridine rings is 1. The maximum atomic E-state index is 5.46. The van der Waals surface area contributed by atoms with Crippen LogP contribution in [0.3, 0.4) is 0 Å². The van der Waals surface area contributed by atoms with Crippen LogP contribution in [0.15, 0.2) is 59.3 Å². The molecule has 0 bridgehead atoms.